The molecule has 1 atom stereocenters. The molecule has 2 aromatic heterocycles. The van der Waals surface area contributed by atoms with Crippen LogP contribution < -0.4 is 11.1 Å². The molecule has 1 aromatic carbocycles. The highest BCUT2D eigenvalue weighted by atomic mass is 19.4. The normalized spacial score (nSPS) is 20.5. The molecule has 0 radical (unpaired) electrons. The summed E-state index contributed by atoms with van der Waals surface area (Å²) < 4.78 is 39.2. The van der Waals surface area contributed by atoms with Crippen LogP contribution in [-0.2, 0) is 11.0 Å². The maximum atomic E-state index is 13.1. The Kier molecular flexibility index (Phi) is 5.75. The van der Waals surface area contributed by atoms with E-state index in [0.717, 1.165) is 37.8 Å². The number of fused-ring (bicyclic) bond motifs is 1. The molecule has 31 heavy (non-hydrogen) atoms. The molecule has 4 N–H and O–H groups in total. The van der Waals surface area contributed by atoms with E-state index < -0.39 is 11.7 Å². The smallest absolute Gasteiger partial charge is 0.339 e. The summed E-state index contributed by atoms with van der Waals surface area (Å²) in [6.45, 7) is 2.01. The van der Waals surface area contributed by atoms with E-state index in [2.05, 4.69) is 15.3 Å². The molecule has 1 amide bonds. The van der Waals surface area contributed by atoms with Crippen molar-refractivity contribution in [2.75, 3.05) is 5.32 Å². The van der Waals surface area contributed by atoms with Gasteiger partial charge in [0.2, 0.25) is 5.91 Å². The Bertz CT molecular complexity index is 1080. The van der Waals surface area contributed by atoms with Gasteiger partial charge in [0.25, 0.3) is 0 Å². The predicted octanol–water partition coefficient (Wildman–Crippen LogP) is 5.34. The quantitative estimate of drug-likeness (QED) is 0.522. The predicted molar refractivity (Wildman–Crippen MR) is 114 cm³/mol. The zero-order valence-electron chi connectivity index (χ0n) is 17.2. The lowest BCUT2D eigenvalue weighted by atomic mass is 9.79. The maximum absolute atomic E-state index is 13.1. The highest BCUT2D eigenvalue weighted by Crippen LogP contribution is 2.35. The Morgan fingerprint density at radius 2 is 1.94 bits per heavy atom. The van der Waals surface area contributed by atoms with Crippen LogP contribution in [0.2, 0.25) is 0 Å². The van der Waals surface area contributed by atoms with Crippen LogP contribution in [0.5, 0.6) is 0 Å². The van der Waals surface area contributed by atoms with E-state index in [1.165, 1.54) is 6.07 Å². The number of carbonyl (C=O) groups excluding carboxylic acids is 1. The second-order valence-corrected chi connectivity index (χ2v) is 8.34. The fourth-order valence-electron chi connectivity index (χ4n) is 4.30. The van der Waals surface area contributed by atoms with E-state index in [4.69, 9.17) is 5.73 Å². The second kappa shape index (κ2) is 8.34. The Morgan fingerprint density at radius 3 is 2.61 bits per heavy atom. The van der Waals surface area contributed by atoms with Crippen LogP contribution in [0, 0.1) is 11.8 Å². The number of hydrogen-bond donors (Lipinski definition) is 3. The van der Waals surface area contributed by atoms with Crippen molar-refractivity contribution in [1.29, 1.82) is 0 Å². The first-order chi connectivity index (χ1) is 14.7. The molecule has 1 aliphatic rings. The topological polar surface area (TPSA) is 83.8 Å². The number of benzene rings is 1. The Morgan fingerprint density at radius 1 is 1.19 bits per heavy atom. The first kappa shape index (κ1) is 21.4. The van der Waals surface area contributed by atoms with Gasteiger partial charge in [-0.1, -0.05) is 12.1 Å². The fourth-order valence-corrected chi connectivity index (χ4v) is 4.30. The van der Waals surface area contributed by atoms with Crippen LogP contribution >= 0.6 is 0 Å². The minimum Gasteiger partial charge on any atom is -0.339 e. The lowest BCUT2D eigenvalue weighted by molar-refractivity contribution is -0.137. The molecule has 3 aromatic rings. The van der Waals surface area contributed by atoms with E-state index in [9.17, 15) is 18.0 Å². The Balaban J connectivity index is 1.56. The average Bonchev–Trinajstić information content (AvgIpc) is 3.19. The summed E-state index contributed by atoms with van der Waals surface area (Å²) in [6, 6.07) is 8.68. The van der Waals surface area contributed by atoms with E-state index in [1.54, 1.807) is 24.4 Å². The standard InChI is InChI=1S/C23H25F3N4O/c1-13(27)14-5-7-15(8-6-14)22(31)30-19-9-10-28-21-18(19)12-20(29-21)16-3-2-4-17(11-16)23(24,25)26/h2-4,9-15H,5-8,27H2,1H3,(H2,28,29,30,31). The number of aromatic nitrogens is 2. The van der Waals surface area contributed by atoms with Crippen molar-refractivity contribution in [3.05, 3.63) is 48.2 Å². The molecule has 0 bridgehead atoms. The molecular weight excluding hydrogens is 405 g/mol. The number of nitrogens with two attached hydrogens (primary N) is 1. The van der Waals surface area contributed by atoms with Gasteiger partial charge in [0.15, 0.2) is 0 Å². The van der Waals surface area contributed by atoms with Gasteiger partial charge in [-0.25, -0.2) is 4.98 Å². The average molecular weight is 430 g/mol. The zero-order chi connectivity index (χ0) is 22.2. The van der Waals surface area contributed by atoms with Crippen LogP contribution in [0.1, 0.15) is 38.2 Å². The fraction of sp³-hybridized carbons (Fsp3) is 0.391. The number of nitrogens with zero attached hydrogens (tertiary/aromatic N) is 1. The van der Waals surface area contributed by atoms with Gasteiger partial charge in [0, 0.05) is 29.2 Å². The number of carbonyl (C=O) groups is 1. The number of H-pyrrole nitrogens is 1. The van der Waals surface area contributed by atoms with Crippen molar-refractivity contribution in [3.8, 4) is 11.3 Å². The van der Waals surface area contributed by atoms with E-state index >= 15 is 0 Å². The number of hydrogen-bond acceptors (Lipinski definition) is 3. The van der Waals surface area contributed by atoms with Gasteiger partial charge in [-0.3, -0.25) is 4.79 Å². The minimum absolute atomic E-state index is 0.0440. The van der Waals surface area contributed by atoms with Crippen molar-refractivity contribution < 1.29 is 18.0 Å². The number of anilines is 1. The first-order valence-corrected chi connectivity index (χ1v) is 10.4. The van der Waals surface area contributed by atoms with Gasteiger partial charge in [0.1, 0.15) is 5.65 Å². The molecule has 1 aliphatic carbocycles. The van der Waals surface area contributed by atoms with E-state index in [1.807, 2.05) is 6.92 Å². The van der Waals surface area contributed by atoms with Crippen LogP contribution in [0.25, 0.3) is 22.3 Å². The van der Waals surface area contributed by atoms with Gasteiger partial charge in [0.05, 0.1) is 11.3 Å². The summed E-state index contributed by atoms with van der Waals surface area (Å²) in [7, 11) is 0. The lowest BCUT2D eigenvalue weighted by Crippen LogP contribution is -2.33. The Hall–Kier alpha value is -2.87. The van der Waals surface area contributed by atoms with Crippen LogP contribution in [0.4, 0.5) is 18.9 Å². The first-order valence-electron chi connectivity index (χ1n) is 10.4. The number of nitrogens with one attached hydrogen (secondary N) is 2. The maximum Gasteiger partial charge on any atom is 0.416 e. The molecular formula is C23H25F3N4O. The summed E-state index contributed by atoms with van der Waals surface area (Å²) in [5.41, 5.74) is 7.28. The molecule has 164 valence electrons. The summed E-state index contributed by atoms with van der Waals surface area (Å²) >= 11 is 0. The summed E-state index contributed by atoms with van der Waals surface area (Å²) in [5, 5.41) is 3.65. The molecule has 0 aliphatic heterocycles. The van der Waals surface area contributed by atoms with Gasteiger partial charge >= 0.3 is 6.18 Å². The SMILES string of the molecule is CC(N)C1CCC(C(=O)Nc2ccnc3[nH]c(-c4cccc(C(F)(F)F)c4)cc23)CC1. The molecule has 8 heteroatoms. The van der Waals surface area contributed by atoms with Gasteiger partial charge < -0.3 is 16.0 Å². The monoisotopic (exact) mass is 430 g/mol. The van der Waals surface area contributed by atoms with Crippen molar-refractivity contribution in [3.63, 3.8) is 0 Å². The van der Waals surface area contributed by atoms with E-state index in [-0.39, 0.29) is 17.9 Å². The highest BCUT2D eigenvalue weighted by molar-refractivity contribution is 6.02. The van der Waals surface area contributed by atoms with Crippen LogP contribution in [-0.4, -0.2) is 21.9 Å². The summed E-state index contributed by atoms with van der Waals surface area (Å²) in [4.78, 5) is 20.1. The number of halogens is 3. The largest absolute Gasteiger partial charge is 0.416 e. The zero-order valence-corrected chi connectivity index (χ0v) is 17.2. The van der Waals surface area contributed by atoms with Gasteiger partial charge in [-0.05, 0) is 68.4 Å². The van der Waals surface area contributed by atoms with E-state index in [0.29, 0.717) is 33.9 Å². The number of amides is 1. The van der Waals surface area contributed by atoms with Crippen molar-refractivity contribution in [1.82, 2.24) is 9.97 Å². The number of alkyl halides is 3. The number of aromatic amines is 1. The molecule has 1 saturated carbocycles. The molecule has 4 rings (SSSR count). The summed E-state index contributed by atoms with van der Waals surface area (Å²) in [5.74, 6) is 0.342. The van der Waals surface area contributed by atoms with Crippen molar-refractivity contribution in [2.24, 2.45) is 17.6 Å². The third-order valence-corrected chi connectivity index (χ3v) is 6.18. The molecule has 1 unspecified atom stereocenters. The lowest BCUT2D eigenvalue weighted by Gasteiger charge is -2.30. The second-order valence-electron chi connectivity index (χ2n) is 8.34. The van der Waals surface area contributed by atoms with Gasteiger partial charge in [-0.15, -0.1) is 0 Å². The summed E-state index contributed by atoms with van der Waals surface area (Å²) in [6.07, 6.45) is 0.623. The molecule has 2 heterocycles. The molecule has 1 fully saturated rings. The van der Waals surface area contributed by atoms with Crippen molar-refractivity contribution >= 4 is 22.6 Å². The van der Waals surface area contributed by atoms with Gasteiger partial charge in [-0.2, -0.15) is 13.2 Å². The van der Waals surface area contributed by atoms with Crippen LogP contribution in [0.3, 0.4) is 0 Å². The third-order valence-electron chi connectivity index (χ3n) is 6.18. The third kappa shape index (κ3) is 4.58. The number of pyridine rings is 1. The number of rotatable bonds is 4. The highest BCUT2D eigenvalue weighted by Gasteiger charge is 2.31. The minimum atomic E-state index is -4.42. The van der Waals surface area contributed by atoms with Crippen LogP contribution in [0.15, 0.2) is 42.6 Å². The molecule has 5 nitrogen and oxygen atoms in total. The molecule has 0 saturated heterocycles. The Labute approximate surface area is 178 Å². The molecule has 0 spiro atoms. The van der Waals surface area contributed by atoms with Crippen molar-refractivity contribution in [2.45, 2.75) is 44.8 Å².